The van der Waals surface area contributed by atoms with Crippen LogP contribution in [-0.4, -0.2) is 57.6 Å². The maximum Gasteiger partial charge on any atom is 0.417 e. The number of hydrogen-bond acceptors (Lipinski definition) is 7. The molecule has 1 aliphatic heterocycles. The highest BCUT2D eigenvalue weighted by Gasteiger charge is 2.44. The molecule has 3 aromatic carbocycles. The Morgan fingerprint density at radius 3 is 1.84 bits per heavy atom. The normalized spacial score (nSPS) is 18.9. The zero-order chi connectivity index (χ0) is 36.5. The third-order valence-corrected chi connectivity index (χ3v) is 13.4. The molecule has 1 aliphatic rings. The summed E-state index contributed by atoms with van der Waals surface area (Å²) < 4.78 is 94.7. The number of Topliss-reactive ketones (excluding diaryl/α,β-unsaturated/α-hetero) is 2. The third-order valence-electron chi connectivity index (χ3n) is 9.04. The van der Waals surface area contributed by atoms with Gasteiger partial charge in [0.05, 0.1) is 30.3 Å². The van der Waals surface area contributed by atoms with Crippen LogP contribution in [0.3, 0.4) is 0 Å². The van der Waals surface area contributed by atoms with Gasteiger partial charge in [0.1, 0.15) is 11.3 Å². The summed E-state index contributed by atoms with van der Waals surface area (Å²) in [5.74, 6) is -2.39. The number of benzene rings is 3. The molecule has 4 rings (SSSR count). The van der Waals surface area contributed by atoms with Crippen molar-refractivity contribution in [1.82, 2.24) is 10.6 Å². The lowest BCUT2D eigenvalue weighted by Gasteiger charge is -2.38. The minimum atomic E-state index is -4.88. The van der Waals surface area contributed by atoms with Gasteiger partial charge in [0, 0.05) is 23.7 Å². The van der Waals surface area contributed by atoms with E-state index in [1.807, 2.05) is 33.9 Å². The van der Waals surface area contributed by atoms with E-state index in [1.54, 1.807) is 12.1 Å². The Kier molecular flexibility index (Phi) is 10.9. The molecule has 0 saturated carbocycles. The summed E-state index contributed by atoms with van der Waals surface area (Å²) in [6.45, 7) is 9.77. The summed E-state index contributed by atoms with van der Waals surface area (Å²) in [6.07, 6.45) is -9.73. The van der Waals surface area contributed by atoms with Crippen molar-refractivity contribution < 1.29 is 49.9 Å². The van der Waals surface area contributed by atoms with Crippen molar-refractivity contribution in [2.45, 2.75) is 75.8 Å². The van der Waals surface area contributed by atoms with Crippen LogP contribution < -0.4 is 15.1 Å². The number of halogens is 6. The molecular formula is C35H38F6N2O5Si. The minimum Gasteiger partial charge on any atom is -0.543 e. The fourth-order valence-electron chi connectivity index (χ4n) is 5.38. The number of ether oxygens (including phenoxy) is 1. The molecule has 0 bridgehead atoms. The molecule has 0 radical (unpaired) electrons. The first-order chi connectivity index (χ1) is 22.7. The quantitative estimate of drug-likeness (QED) is 0.103. The lowest BCUT2D eigenvalue weighted by Crippen LogP contribution is -2.66. The molecule has 264 valence electrons. The standard InChI is InChI=1S/C35H38F6N2O5Si/c1-33(2,3)49(5,6)48-28-18-20(15-16-23(28)32(46)47-4)17-26-29(31(45)22-12-8-10-14-25(22)35(39,40)41)43-27(19-42-26)30(44)21-11-7-9-13-24(21)34(36,37)38/h7-16,18,26-27,29,42-43H,17,19H2,1-6H3. The monoisotopic (exact) mass is 708 g/mol. The topological polar surface area (TPSA) is 93.7 Å². The van der Waals surface area contributed by atoms with Gasteiger partial charge in [-0.05, 0) is 54.4 Å². The van der Waals surface area contributed by atoms with E-state index in [0.717, 1.165) is 36.4 Å². The van der Waals surface area contributed by atoms with Gasteiger partial charge in [-0.15, -0.1) is 0 Å². The number of hydrogen-bond donors (Lipinski definition) is 2. The van der Waals surface area contributed by atoms with E-state index in [9.17, 15) is 40.7 Å². The van der Waals surface area contributed by atoms with Crippen molar-refractivity contribution >= 4 is 25.9 Å². The van der Waals surface area contributed by atoms with Gasteiger partial charge in [-0.3, -0.25) is 14.9 Å². The second-order valence-corrected chi connectivity index (χ2v) is 18.1. The number of piperazine rings is 1. The summed E-state index contributed by atoms with van der Waals surface area (Å²) in [7, 11) is -1.27. The lowest BCUT2D eigenvalue weighted by molar-refractivity contribution is -0.138. The maximum atomic E-state index is 14.0. The van der Waals surface area contributed by atoms with Crippen LogP contribution in [0.4, 0.5) is 26.3 Å². The third kappa shape index (κ3) is 8.42. The molecule has 0 amide bonds. The number of carbonyl (C=O) groups is 3. The Labute approximate surface area is 281 Å². The molecule has 2 N–H and O–H groups in total. The Morgan fingerprint density at radius 2 is 1.33 bits per heavy atom. The van der Waals surface area contributed by atoms with Crippen LogP contribution in [0.2, 0.25) is 18.1 Å². The number of carbonyl (C=O) groups excluding carboxylic acids is 3. The van der Waals surface area contributed by atoms with E-state index in [-0.39, 0.29) is 29.3 Å². The second-order valence-electron chi connectivity index (χ2n) is 13.4. The van der Waals surface area contributed by atoms with Crippen LogP contribution in [-0.2, 0) is 23.5 Å². The van der Waals surface area contributed by atoms with E-state index in [0.29, 0.717) is 5.56 Å². The number of ketones is 2. The predicted octanol–water partition coefficient (Wildman–Crippen LogP) is 7.50. The zero-order valence-electron chi connectivity index (χ0n) is 27.8. The largest absolute Gasteiger partial charge is 0.543 e. The highest BCUT2D eigenvalue weighted by molar-refractivity contribution is 6.74. The van der Waals surface area contributed by atoms with Crippen LogP contribution >= 0.6 is 0 Å². The molecule has 3 atom stereocenters. The van der Waals surface area contributed by atoms with Crippen molar-refractivity contribution in [2.75, 3.05) is 13.7 Å². The zero-order valence-corrected chi connectivity index (χ0v) is 28.8. The molecule has 0 aliphatic carbocycles. The van der Waals surface area contributed by atoms with Gasteiger partial charge in [0.2, 0.25) is 0 Å². The van der Waals surface area contributed by atoms with Crippen LogP contribution in [0.1, 0.15) is 68.5 Å². The van der Waals surface area contributed by atoms with E-state index in [4.69, 9.17) is 9.16 Å². The number of alkyl halides is 6. The van der Waals surface area contributed by atoms with Crippen molar-refractivity contribution in [3.05, 3.63) is 100 Å². The predicted molar refractivity (Wildman–Crippen MR) is 173 cm³/mol. The Bertz CT molecular complexity index is 1720. The first kappa shape index (κ1) is 37.8. The average molecular weight is 709 g/mol. The first-order valence-electron chi connectivity index (χ1n) is 15.5. The number of rotatable bonds is 9. The van der Waals surface area contributed by atoms with Crippen molar-refractivity contribution in [1.29, 1.82) is 0 Å². The molecule has 49 heavy (non-hydrogen) atoms. The number of nitrogens with one attached hydrogen (secondary N) is 2. The highest BCUT2D eigenvalue weighted by Crippen LogP contribution is 2.39. The van der Waals surface area contributed by atoms with Gasteiger partial charge in [-0.2, -0.15) is 26.3 Å². The molecular weight excluding hydrogens is 670 g/mol. The summed E-state index contributed by atoms with van der Waals surface area (Å²) in [6, 6.07) is 9.27. The highest BCUT2D eigenvalue weighted by atomic mass is 28.4. The van der Waals surface area contributed by atoms with Gasteiger partial charge in [-0.1, -0.05) is 63.2 Å². The Morgan fingerprint density at radius 1 is 0.796 bits per heavy atom. The van der Waals surface area contributed by atoms with Crippen LogP contribution in [0.25, 0.3) is 0 Å². The van der Waals surface area contributed by atoms with Gasteiger partial charge in [0.25, 0.3) is 8.32 Å². The fourth-order valence-corrected chi connectivity index (χ4v) is 6.40. The minimum absolute atomic E-state index is 0.00690. The lowest BCUT2D eigenvalue weighted by atomic mass is 9.86. The molecule has 7 nitrogen and oxygen atoms in total. The van der Waals surface area contributed by atoms with Crippen LogP contribution in [0, 0.1) is 0 Å². The van der Waals surface area contributed by atoms with Gasteiger partial charge in [-0.25, -0.2) is 4.79 Å². The molecule has 14 heteroatoms. The number of methoxy groups -OCH3 is 1. The fraction of sp³-hybridized carbons (Fsp3) is 0.400. The van der Waals surface area contributed by atoms with Crippen molar-refractivity contribution in [3.8, 4) is 5.75 Å². The SMILES string of the molecule is COC(=O)c1ccc(CC2NCC(C(=O)c3ccccc3C(F)(F)F)NC2C(=O)c2ccccc2C(F)(F)F)cc1O[Si](C)(C)C(C)(C)C. The molecule has 1 fully saturated rings. The first-order valence-corrected chi connectivity index (χ1v) is 18.4. The molecule has 3 aromatic rings. The van der Waals surface area contributed by atoms with Crippen LogP contribution in [0.15, 0.2) is 66.7 Å². The molecule has 1 heterocycles. The maximum absolute atomic E-state index is 14.0. The van der Waals surface area contributed by atoms with Crippen molar-refractivity contribution in [2.24, 2.45) is 0 Å². The average Bonchev–Trinajstić information content (AvgIpc) is 3.02. The molecule has 0 spiro atoms. The van der Waals surface area contributed by atoms with Gasteiger partial charge in [0.15, 0.2) is 11.6 Å². The van der Waals surface area contributed by atoms with Gasteiger partial charge < -0.3 is 14.5 Å². The smallest absolute Gasteiger partial charge is 0.417 e. The Balaban J connectivity index is 1.75. The summed E-state index contributed by atoms with van der Waals surface area (Å²) >= 11 is 0. The van der Waals surface area contributed by atoms with Crippen LogP contribution in [0.5, 0.6) is 5.75 Å². The van der Waals surface area contributed by atoms with Gasteiger partial charge >= 0.3 is 18.3 Å². The van der Waals surface area contributed by atoms with E-state index in [2.05, 4.69) is 10.6 Å². The second kappa shape index (κ2) is 14.1. The molecule has 1 saturated heterocycles. The van der Waals surface area contributed by atoms with E-state index < -0.39 is 78.6 Å². The summed E-state index contributed by atoms with van der Waals surface area (Å²) in [5.41, 5.74) is -2.97. The number of esters is 1. The van der Waals surface area contributed by atoms with E-state index >= 15 is 0 Å². The molecule has 3 unspecified atom stereocenters. The summed E-state index contributed by atoms with van der Waals surface area (Å²) in [4.78, 5) is 40.1. The Hall–Kier alpha value is -4.01. The van der Waals surface area contributed by atoms with E-state index in [1.165, 1.54) is 25.3 Å². The molecule has 0 aromatic heterocycles. The van der Waals surface area contributed by atoms with Crippen molar-refractivity contribution in [3.63, 3.8) is 0 Å². The summed E-state index contributed by atoms with van der Waals surface area (Å²) in [5, 5.41) is 5.58.